The summed E-state index contributed by atoms with van der Waals surface area (Å²) in [4.78, 5) is 26.1. The first kappa shape index (κ1) is 15.7. The quantitative estimate of drug-likeness (QED) is 0.402. The molecule has 8 atom stereocenters. The third-order valence-corrected chi connectivity index (χ3v) is 9.75. The van der Waals surface area contributed by atoms with E-state index in [1.807, 2.05) is 0 Å². The Bertz CT molecular complexity index is 692. The lowest BCUT2D eigenvalue weighted by molar-refractivity contribution is -0.185. The van der Waals surface area contributed by atoms with Gasteiger partial charge in [-0.05, 0) is 57.0 Å². The Labute approximate surface area is 164 Å². The SMILES string of the molecule is COC(=O)[C@]12[C@@H]3C(I)=C(O)[C@@H]4[C@@H]3[C@H]3[C@@H]1C(O)=C(I)[C@@H]3[C@@]42C(=O)OC. The predicted molar refractivity (Wildman–Crippen MR) is 97.2 cm³/mol. The molecule has 4 fully saturated rings. The molecule has 6 aliphatic carbocycles. The fourth-order valence-electron chi connectivity index (χ4n) is 7.24. The summed E-state index contributed by atoms with van der Waals surface area (Å²) < 4.78 is 11.8. The van der Waals surface area contributed by atoms with E-state index >= 15 is 0 Å². The van der Waals surface area contributed by atoms with Crippen molar-refractivity contribution >= 4 is 57.1 Å². The monoisotopic (exact) mass is 556 g/mol. The van der Waals surface area contributed by atoms with Crippen molar-refractivity contribution in [3.63, 3.8) is 0 Å². The lowest BCUT2D eigenvalue weighted by Crippen LogP contribution is -2.60. The van der Waals surface area contributed by atoms with E-state index in [1.165, 1.54) is 14.2 Å². The Morgan fingerprint density at radius 1 is 0.833 bits per heavy atom. The molecule has 6 rings (SSSR count). The van der Waals surface area contributed by atoms with Gasteiger partial charge in [0.25, 0.3) is 0 Å². The van der Waals surface area contributed by atoms with E-state index in [1.54, 1.807) is 0 Å². The lowest BCUT2D eigenvalue weighted by atomic mass is 9.52. The zero-order valence-electron chi connectivity index (χ0n) is 12.7. The number of rotatable bonds is 2. The highest BCUT2D eigenvalue weighted by Crippen LogP contribution is 2.94. The third-order valence-electron chi connectivity index (χ3n) is 7.30. The number of aliphatic hydroxyl groups is 2. The molecule has 0 aromatic heterocycles. The van der Waals surface area contributed by atoms with Crippen molar-refractivity contribution in [1.29, 1.82) is 0 Å². The van der Waals surface area contributed by atoms with E-state index in [-0.39, 0.29) is 35.2 Å². The second-order valence-electron chi connectivity index (χ2n) is 7.25. The van der Waals surface area contributed by atoms with Crippen LogP contribution in [0.2, 0.25) is 0 Å². The summed E-state index contributed by atoms with van der Waals surface area (Å²) in [6, 6.07) is 0. The number of carbonyl (C=O) groups excluding carboxylic acids is 2. The molecule has 2 N–H and O–H groups in total. The minimum Gasteiger partial charge on any atom is -0.511 e. The van der Waals surface area contributed by atoms with Crippen LogP contribution in [0.15, 0.2) is 18.7 Å². The van der Waals surface area contributed by atoms with Crippen molar-refractivity contribution in [3.05, 3.63) is 18.7 Å². The topological polar surface area (TPSA) is 93.1 Å². The van der Waals surface area contributed by atoms with Gasteiger partial charge >= 0.3 is 11.9 Å². The number of esters is 2. The van der Waals surface area contributed by atoms with Gasteiger partial charge in [-0.1, -0.05) is 0 Å². The maximum atomic E-state index is 13.1. The van der Waals surface area contributed by atoms with Gasteiger partial charge in [0.15, 0.2) is 0 Å². The van der Waals surface area contributed by atoms with Gasteiger partial charge in [0.1, 0.15) is 22.3 Å². The third kappa shape index (κ3) is 1.05. The molecule has 24 heavy (non-hydrogen) atoms. The Balaban J connectivity index is 1.91. The molecule has 8 bridgehead atoms. The molecule has 0 spiro atoms. The molecule has 0 amide bonds. The Morgan fingerprint density at radius 2 is 1.17 bits per heavy atom. The van der Waals surface area contributed by atoms with Gasteiger partial charge in [-0.15, -0.1) is 0 Å². The number of ether oxygens (including phenoxy) is 2. The van der Waals surface area contributed by atoms with Crippen LogP contribution in [0.5, 0.6) is 0 Å². The summed E-state index contributed by atoms with van der Waals surface area (Å²) in [6.45, 7) is 0. The Hall–Kier alpha value is -0.520. The van der Waals surface area contributed by atoms with Crippen LogP contribution < -0.4 is 0 Å². The molecule has 6 aliphatic rings. The van der Waals surface area contributed by atoms with Crippen molar-refractivity contribution in [1.82, 2.24) is 0 Å². The molecular weight excluding hydrogens is 542 g/mol. The largest absolute Gasteiger partial charge is 0.511 e. The standard InChI is InChI=1S/C16H14I2O6/c1-23-13(21)15-5-3-4-6(10(18)11(19)7(4)15)16(15,14(22)24-2)8(3)12(20)9(5)17/h3-8,19-20H,1-2H3/t3-,4-,5-,6+,7+,8-,15+,16+/m1/s1. The highest BCUT2D eigenvalue weighted by atomic mass is 127. The summed E-state index contributed by atoms with van der Waals surface area (Å²) in [5.74, 6) is -2.00. The first-order valence-corrected chi connectivity index (χ1v) is 9.84. The summed E-state index contributed by atoms with van der Waals surface area (Å²) in [7, 11) is 2.63. The predicted octanol–water partition coefficient (Wildman–Crippen LogP) is 2.48. The van der Waals surface area contributed by atoms with Crippen molar-refractivity contribution in [2.24, 2.45) is 46.3 Å². The van der Waals surface area contributed by atoms with Crippen molar-refractivity contribution < 1.29 is 29.3 Å². The van der Waals surface area contributed by atoms with Gasteiger partial charge in [-0.3, -0.25) is 9.59 Å². The van der Waals surface area contributed by atoms with Gasteiger partial charge in [-0.2, -0.15) is 0 Å². The van der Waals surface area contributed by atoms with Crippen LogP contribution in [0, 0.1) is 46.3 Å². The average molecular weight is 556 g/mol. The molecule has 8 heteroatoms. The molecule has 0 aromatic carbocycles. The van der Waals surface area contributed by atoms with E-state index in [0.717, 1.165) is 7.16 Å². The minimum atomic E-state index is -1.17. The van der Waals surface area contributed by atoms with Gasteiger partial charge in [0, 0.05) is 30.8 Å². The molecule has 4 saturated carbocycles. The highest BCUT2D eigenvalue weighted by Gasteiger charge is 2.99. The molecule has 0 aliphatic heterocycles. The first-order valence-electron chi connectivity index (χ1n) is 7.68. The van der Waals surface area contributed by atoms with Gasteiger partial charge in [0.05, 0.1) is 14.2 Å². The van der Waals surface area contributed by atoms with E-state index in [9.17, 15) is 19.8 Å². The van der Waals surface area contributed by atoms with E-state index in [2.05, 4.69) is 45.2 Å². The lowest BCUT2D eigenvalue weighted by Gasteiger charge is -2.50. The van der Waals surface area contributed by atoms with Crippen LogP contribution in [0.1, 0.15) is 0 Å². The van der Waals surface area contributed by atoms with Crippen LogP contribution >= 0.6 is 45.2 Å². The summed E-state index contributed by atoms with van der Waals surface area (Å²) in [5.41, 5.74) is -2.33. The smallest absolute Gasteiger partial charge is 0.314 e. The molecule has 0 saturated heterocycles. The van der Waals surface area contributed by atoms with Gasteiger partial charge in [0.2, 0.25) is 0 Å². The fraction of sp³-hybridized carbons (Fsp3) is 0.625. The van der Waals surface area contributed by atoms with Crippen LogP contribution in [-0.2, 0) is 19.1 Å². The number of halogens is 2. The normalized spacial score (nSPS) is 52.0. The maximum Gasteiger partial charge on any atom is 0.314 e. The Morgan fingerprint density at radius 3 is 1.46 bits per heavy atom. The summed E-state index contributed by atoms with van der Waals surface area (Å²) in [6.07, 6.45) is 0. The summed E-state index contributed by atoms with van der Waals surface area (Å²) in [5, 5.41) is 21.4. The van der Waals surface area contributed by atoms with E-state index < -0.39 is 34.6 Å². The number of hydrogen-bond donors (Lipinski definition) is 2. The number of methoxy groups -OCH3 is 2. The second-order valence-corrected chi connectivity index (χ2v) is 9.58. The van der Waals surface area contributed by atoms with Crippen molar-refractivity contribution in [3.8, 4) is 0 Å². The minimum absolute atomic E-state index is 0.0282. The molecular formula is C16H14I2O6. The van der Waals surface area contributed by atoms with E-state index in [4.69, 9.17) is 9.47 Å². The summed E-state index contributed by atoms with van der Waals surface area (Å²) >= 11 is 4.15. The van der Waals surface area contributed by atoms with E-state index in [0.29, 0.717) is 0 Å². The molecule has 0 unspecified atom stereocenters. The molecule has 128 valence electrons. The molecule has 0 radical (unpaired) electrons. The van der Waals surface area contributed by atoms with Crippen LogP contribution in [-0.4, -0.2) is 36.4 Å². The van der Waals surface area contributed by atoms with Gasteiger partial charge < -0.3 is 19.7 Å². The zero-order chi connectivity index (χ0) is 17.3. The van der Waals surface area contributed by atoms with Crippen molar-refractivity contribution in [2.75, 3.05) is 14.2 Å². The Kier molecular flexibility index (Phi) is 2.77. The van der Waals surface area contributed by atoms with Crippen LogP contribution in [0.4, 0.5) is 0 Å². The number of hydrogen-bond acceptors (Lipinski definition) is 6. The number of allylic oxidation sites excluding steroid dienone is 4. The van der Waals surface area contributed by atoms with Gasteiger partial charge in [-0.25, -0.2) is 0 Å². The average Bonchev–Trinajstić information content (AvgIpc) is 3.32. The second kappa shape index (κ2) is 4.24. The molecule has 6 nitrogen and oxygen atoms in total. The highest BCUT2D eigenvalue weighted by molar-refractivity contribution is 14.1. The van der Waals surface area contributed by atoms with Crippen LogP contribution in [0.25, 0.3) is 0 Å². The molecule has 0 aromatic rings. The van der Waals surface area contributed by atoms with Crippen LogP contribution in [0.3, 0.4) is 0 Å². The molecule has 0 heterocycles. The number of aliphatic hydroxyl groups excluding tert-OH is 2. The number of carbonyl (C=O) groups is 2. The maximum absolute atomic E-state index is 13.1. The fourth-order valence-corrected chi connectivity index (χ4v) is 9.72. The zero-order valence-corrected chi connectivity index (χ0v) is 17.1. The first-order chi connectivity index (χ1) is 11.3. The van der Waals surface area contributed by atoms with Crippen molar-refractivity contribution in [2.45, 2.75) is 0 Å².